The van der Waals surface area contributed by atoms with Crippen LogP contribution in [0.3, 0.4) is 0 Å². The monoisotopic (exact) mass is 340 g/mol. The molecule has 1 aromatic heterocycles. The van der Waals surface area contributed by atoms with E-state index in [1.165, 1.54) is 6.07 Å². The van der Waals surface area contributed by atoms with Crippen molar-refractivity contribution < 1.29 is 8.42 Å². The van der Waals surface area contributed by atoms with Crippen molar-refractivity contribution in [2.75, 3.05) is 5.73 Å². The number of anilines is 1. The quantitative estimate of drug-likeness (QED) is 0.872. The molecule has 0 saturated carbocycles. The molecule has 0 bridgehead atoms. The van der Waals surface area contributed by atoms with E-state index < -0.39 is 9.84 Å². The van der Waals surface area contributed by atoms with E-state index in [9.17, 15) is 8.42 Å². The molecule has 0 unspecified atom stereocenters. The average molecular weight is 341 g/mol. The number of nitrogens with zero attached hydrogens (tertiary/aromatic N) is 1. The average Bonchev–Trinajstić information content (AvgIpc) is 2.35. The number of hydrogen-bond donors (Lipinski definition) is 1. The molecule has 4 nitrogen and oxygen atoms in total. The van der Waals surface area contributed by atoms with E-state index in [0.29, 0.717) is 11.4 Å². The van der Waals surface area contributed by atoms with Crippen molar-refractivity contribution >= 4 is 31.5 Å². The highest BCUT2D eigenvalue weighted by Gasteiger charge is 2.16. The minimum absolute atomic E-state index is 0.121. The van der Waals surface area contributed by atoms with Gasteiger partial charge in [-0.25, -0.2) is 8.42 Å². The Kier molecular flexibility index (Phi) is 3.91. The molecule has 0 aliphatic carbocycles. The van der Waals surface area contributed by atoms with Crippen LogP contribution in [0.5, 0.6) is 0 Å². The summed E-state index contributed by atoms with van der Waals surface area (Å²) < 4.78 is 25.3. The van der Waals surface area contributed by atoms with Gasteiger partial charge in [0.25, 0.3) is 0 Å². The number of nitrogen functional groups attached to an aromatic ring is 1. The minimum atomic E-state index is -3.40. The zero-order valence-electron chi connectivity index (χ0n) is 10.3. The van der Waals surface area contributed by atoms with Crippen LogP contribution >= 0.6 is 15.9 Å². The van der Waals surface area contributed by atoms with Gasteiger partial charge in [-0.2, -0.15) is 0 Å². The molecule has 0 aliphatic rings. The first-order valence-corrected chi connectivity index (χ1v) is 8.02. The molecule has 2 N–H and O–H groups in total. The summed E-state index contributed by atoms with van der Waals surface area (Å²) >= 11 is 3.26. The van der Waals surface area contributed by atoms with E-state index >= 15 is 0 Å². The van der Waals surface area contributed by atoms with Crippen LogP contribution in [0.15, 0.2) is 45.9 Å². The maximum atomic E-state index is 12.3. The number of aryl methyl sites for hydroxylation is 1. The Balaban J connectivity index is 2.32. The highest BCUT2D eigenvalue weighted by atomic mass is 79.9. The van der Waals surface area contributed by atoms with E-state index in [1.54, 1.807) is 37.4 Å². The van der Waals surface area contributed by atoms with Crippen molar-refractivity contribution in [2.45, 2.75) is 17.6 Å². The topological polar surface area (TPSA) is 73.0 Å². The van der Waals surface area contributed by atoms with Crippen LogP contribution in [0.1, 0.15) is 11.3 Å². The maximum absolute atomic E-state index is 12.3. The van der Waals surface area contributed by atoms with Gasteiger partial charge in [0.05, 0.1) is 16.3 Å². The van der Waals surface area contributed by atoms with E-state index in [1.807, 2.05) is 0 Å². The van der Waals surface area contributed by atoms with Gasteiger partial charge in [0.1, 0.15) is 0 Å². The minimum Gasteiger partial charge on any atom is -0.399 e. The molecule has 2 aromatic rings. The summed E-state index contributed by atoms with van der Waals surface area (Å²) in [4.78, 5) is 4.35. The van der Waals surface area contributed by atoms with Crippen LogP contribution < -0.4 is 5.73 Å². The fourth-order valence-corrected chi connectivity index (χ4v) is 3.20. The Hall–Kier alpha value is -1.40. The lowest BCUT2D eigenvalue weighted by molar-refractivity contribution is 0.594. The van der Waals surface area contributed by atoms with Crippen molar-refractivity contribution in [3.05, 3.63) is 52.3 Å². The number of rotatable bonds is 3. The predicted molar refractivity (Wildman–Crippen MR) is 78.4 cm³/mol. The van der Waals surface area contributed by atoms with E-state index in [-0.39, 0.29) is 10.6 Å². The number of hydrogen-bond acceptors (Lipinski definition) is 4. The van der Waals surface area contributed by atoms with Gasteiger partial charge >= 0.3 is 0 Å². The molecular weight excluding hydrogens is 328 g/mol. The number of aromatic nitrogens is 1. The van der Waals surface area contributed by atoms with Crippen molar-refractivity contribution in [3.8, 4) is 0 Å². The van der Waals surface area contributed by atoms with Gasteiger partial charge in [0.15, 0.2) is 9.84 Å². The van der Waals surface area contributed by atoms with Crippen molar-refractivity contribution in [3.63, 3.8) is 0 Å². The molecule has 6 heteroatoms. The third-order valence-electron chi connectivity index (χ3n) is 2.73. The second-order valence-corrected chi connectivity index (χ2v) is 7.15. The first-order valence-electron chi connectivity index (χ1n) is 5.58. The molecule has 0 radical (unpaired) electrons. The van der Waals surface area contributed by atoms with Gasteiger partial charge in [-0.3, -0.25) is 4.98 Å². The first-order chi connectivity index (χ1) is 8.88. The van der Waals surface area contributed by atoms with Crippen LogP contribution in [0.25, 0.3) is 0 Å². The van der Waals surface area contributed by atoms with Gasteiger partial charge in [-0.15, -0.1) is 0 Å². The molecule has 100 valence electrons. The summed E-state index contributed by atoms with van der Waals surface area (Å²) in [5.74, 6) is -0.121. The number of benzene rings is 1. The Morgan fingerprint density at radius 2 is 2.00 bits per heavy atom. The summed E-state index contributed by atoms with van der Waals surface area (Å²) in [5.41, 5.74) is 7.54. The molecule has 2 rings (SSSR count). The largest absolute Gasteiger partial charge is 0.399 e. The van der Waals surface area contributed by atoms with Gasteiger partial charge in [-0.05, 0) is 58.7 Å². The Morgan fingerprint density at radius 3 is 2.58 bits per heavy atom. The normalized spacial score (nSPS) is 11.5. The van der Waals surface area contributed by atoms with Crippen LogP contribution in [0.4, 0.5) is 5.69 Å². The first kappa shape index (κ1) is 14.0. The summed E-state index contributed by atoms with van der Waals surface area (Å²) in [6.07, 6.45) is 1.58. The van der Waals surface area contributed by atoms with E-state index in [2.05, 4.69) is 20.9 Å². The summed E-state index contributed by atoms with van der Waals surface area (Å²) in [6, 6.07) is 8.18. The van der Waals surface area contributed by atoms with Gasteiger partial charge in [0.2, 0.25) is 0 Å². The zero-order chi connectivity index (χ0) is 14.0. The molecule has 0 fully saturated rings. The molecular formula is C13H13BrN2O2S. The fraction of sp³-hybridized carbons (Fsp3) is 0.154. The predicted octanol–water partition coefficient (Wildman–Crippen LogP) is 2.71. The van der Waals surface area contributed by atoms with Crippen LogP contribution in [0, 0.1) is 6.92 Å². The molecule has 19 heavy (non-hydrogen) atoms. The molecule has 0 spiro atoms. The van der Waals surface area contributed by atoms with Crippen LogP contribution in [0.2, 0.25) is 0 Å². The van der Waals surface area contributed by atoms with E-state index in [4.69, 9.17) is 5.73 Å². The van der Waals surface area contributed by atoms with Crippen LogP contribution in [-0.2, 0) is 15.6 Å². The number of pyridine rings is 1. The second-order valence-electron chi connectivity index (χ2n) is 4.25. The highest BCUT2D eigenvalue weighted by Crippen LogP contribution is 2.20. The SMILES string of the molecule is Cc1cc(S(=O)(=O)Cc2ccc(Br)cn2)ccc1N. The van der Waals surface area contributed by atoms with Gasteiger partial charge < -0.3 is 5.73 Å². The Bertz CT molecular complexity index is 697. The lowest BCUT2D eigenvalue weighted by Crippen LogP contribution is -2.07. The Labute approximate surface area is 120 Å². The summed E-state index contributed by atoms with van der Waals surface area (Å²) in [6.45, 7) is 1.78. The molecule has 1 aromatic carbocycles. The highest BCUT2D eigenvalue weighted by molar-refractivity contribution is 9.10. The molecule has 0 saturated heterocycles. The smallest absolute Gasteiger partial charge is 0.184 e. The fourth-order valence-electron chi connectivity index (χ4n) is 1.61. The van der Waals surface area contributed by atoms with Gasteiger partial charge in [-0.1, -0.05) is 0 Å². The number of sulfone groups is 1. The van der Waals surface area contributed by atoms with E-state index in [0.717, 1.165) is 10.0 Å². The third kappa shape index (κ3) is 3.33. The summed E-state index contributed by atoms with van der Waals surface area (Å²) in [5, 5.41) is 0. The second kappa shape index (κ2) is 5.30. The zero-order valence-corrected chi connectivity index (χ0v) is 12.7. The van der Waals surface area contributed by atoms with Crippen molar-refractivity contribution in [1.82, 2.24) is 4.98 Å². The third-order valence-corrected chi connectivity index (χ3v) is 4.84. The van der Waals surface area contributed by atoms with Crippen molar-refractivity contribution in [2.24, 2.45) is 0 Å². The maximum Gasteiger partial charge on any atom is 0.184 e. The Morgan fingerprint density at radius 1 is 1.26 bits per heavy atom. The summed E-state index contributed by atoms with van der Waals surface area (Å²) in [7, 11) is -3.40. The molecule has 1 heterocycles. The number of nitrogens with two attached hydrogens (primary N) is 1. The molecule has 0 aliphatic heterocycles. The van der Waals surface area contributed by atoms with Crippen molar-refractivity contribution in [1.29, 1.82) is 0 Å². The lowest BCUT2D eigenvalue weighted by Gasteiger charge is -2.07. The molecule has 0 amide bonds. The number of halogens is 1. The molecule has 0 atom stereocenters. The van der Waals surface area contributed by atoms with Gasteiger partial charge in [0, 0.05) is 16.4 Å². The lowest BCUT2D eigenvalue weighted by atomic mass is 10.2. The van der Waals surface area contributed by atoms with Crippen LogP contribution in [-0.4, -0.2) is 13.4 Å². The standard InChI is InChI=1S/C13H13BrN2O2S/c1-9-6-12(4-5-13(9)15)19(17,18)8-11-3-2-10(14)7-16-11/h2-7H,8,15H2,1H3.